The standard InChI is InChI=1S/C21H31FN2O5S/c1-3-24(4-2)30(27,28)19-14-16(12-13-18(19)22)21(26)29-15-20(25)23-17-10-8-6-5-7-9-11-17/h12-14,17H,3-11,15H2,1-2H3,(H,23,25). The van der Waals surface area contributed by atoms with Crippen molar-refractivity contribution in [2.75, 3.05) is 19.7 Å². The zero-order valence-corrected chi connectivity index (χ0v) is 18.5. The lowest BCUT2D eigenvalue weighted by molar-refractivity contribution is -0.125. The van der Waals surface area contributed by atoms with Crippen LogP contribution in [0.3, 0.4) is 0 Å². The molecular weight excluding hydrogens is 411 g/mol. The van der Waals surface area contributed by atoms with Crippen molar-refractivity contribution in [3.8, 4) is 0 Å². The number of carbonyl (C=O) groups excluding carboxylic acids is 2. The molecule has 168 valence electrons. The summed E-state index contributed by atoms with van der Waals surface area (Å²) in [4.78, 5) is 23.9. The van der Waals surface area contributed by atoms with Crippen LogP contribution in [0, 0.1) is 5.82 Å². The van der Waals surface area contributed by atoms with Gasteiger partial charge in [0.2, 0.25) is 10.0 Å². The van der Waals surface area contributed by atoms with Crippen LogP contribution in [0.15, 0.2) is 23.1 Å². The molecule has 0 radical (unpaired) electrons. The van der Waals surface area contributed by atoms with Crippen LogP contribution in [-0.2, 0) is 19.6 Å². The lowest BCUT2D eigenvalue weighted by Gasteiger charge is -2.21. The summed E-state index contributed by atoms with van der Waals surface area (Å²) in [5.41, 5.74) is -0.124. The zero-order chi connectivity index (χ0) is 22.1. The Morgan fingerprint density at radius 1 is 1.10 bits per heavy atom. The number of rotatable bonds is 8. The average Bonchev–Trinajstić information content (AvgIpc) is 2.69. The van der Waals surface area contributed by atoms with Gasteiger partial charge in [0, 0.05) is 19.1 Å². The van der Waals surface area contributed by atoms with E-state index in [0.717, 1.165) is 61.0 Å². The van der Waals surface area contributed by atoms with Crippen molar-refractivity contribution in [1.82, 2.24) is 9.62 Å². The van der Waals surface area contributed by atoms with E-state index < -0.39 is 39.2 Å². The van der Waals surface area contributed by atoms with E-state index in [1.807, 2.05) is 0 Å². The number of amides is 1. The topological polar surface area (TPSA) is 92.8 Å². The molecule has 1 N–H and O–H groups in total. The second-order valence-electron chi connectivity index (χ2n) is 7.42. The minimum absolute atomic E-state index is 0.0770. The number of halogens is 1. The monoisotopic (exact) mass is 442 g/mol. The van der Waals surface area contributed by atoms with E-state index in [1.165, 1.54) is 6.42 Å². The van der Waals surface area contributed by atoms with Crippen molar-refractivity contribution in [3.63, 3.8) is 0 Å². The second kappa shape index (κ2) is 11.4. The van der Waals surface area contributed by atoms with Gasteiger partial charge in [0.05, 0.1) is 5.56 Å². The van der Waals surface area contributed by atoms with Gasteiger partial charge in [-0.15, -0.1) is 0 Å². The Balaban J connectivity index is 2.01. The first-order valence-electron chi connectivity index (χ1n) is 10.6. The number of nitrogens with one attached hydrogen (secondary N) is 1. The Kier molecular flexibility index (Phi) is 9.23. The Morgan fingerprint density at radius 3 is 2.30 bits per heavy atom. The molecule has 30 heavy (non-hydrogen) atoms. The van der Waals surface area contributed by atoms with Crippen molar-refractivity contribution in [1.29, 1.82) is 0 Å². The average molecular weight is 443 g/mol. The summed E-state index contributed by atoms with van der Waals surface area (Å²) in [7, 11) is -4.07. The maximum absolute atomic E-state index is 14.2. The van der Waals surface area contributed by atoms with Gasteiger partial charge in [-0.3, -0.25) is 4.79 Å². The van der Waals surface area contributed by atoms with Crippen LogP contribution in [0.25, 0.3) is 0 Å². The normalized spacial score (nSPS) is 16.0. The molecule has 1 aromatic carbocycles. The Bertz CT molecular complexity index is 832. The highest BCUT2D eigenvalue weighted by molar-refractivity contribution is 7.89. The first-order chi connectivity index (χ1) is 14.3. The van der Waals surface area contributed by atoms with Crippen LogP contribution >= 0.6 is 0 Å². The van der Waals surface area contributed by atoms with Gasteiger partial charge in [-0.1, -0.05) is 46.0 Å². The van der Waals surface area contributed by atoms with Crippen LogP contribution in [0.2, 0.25) is 0 Å². The van der Waals surface area contributed by atoms with Crippen LogP contribution in [-0.4, -0.2) is 50.3 Å². The van der Waals surface area contributed by atoms with Crippen molar-refractivity contribution in [3.05, 3.63) is 29.6 Å². The fourth-order valence-corrected chi connectivity index (χ4v) is 5.16. The number of nitrogens with zero attached hydrogens (tertiary/aromatic N) is 1. The fourth-order valence-electron chi connectivity index (χ4n) is 3.61. The zero-order valence-electron chi connectivity index (χ0n) is 17.7. The first kappa shape index (κ1) is 24.3. The number of ether oxygens (including phenoxy) is 1. The molecule has 0 unspecified atom stereocenters. The largest absolute Gasteiger partial charge is 0.452 e. The molecule has 1 aromatic rings. The van der Waals surface area contributed by atoms with Gasteiger partial charge in [0.1, 0.15) is 10.7 Å². The molecule has 0 aliphatic heterocycles. The molecule has 0 bridgehead atoms. The highest BCUT2D eigenvalue weighted by Crippen LogP contribution is 2.21. The first-order valence-corrected chi connectivity index (χ1v) is 12.0. The minimum Gasteiger partial charge on any atom is -0.452 e. The quantitative estimate of drug-likeness (QED) is 0.624. The van der Waals surface area contributed by atoms with Crippen LogP contribution in [0.4, 0.5) is 4.39 Å². The van der Waals surface area contributed by atoms with Crippen LogP contribution in [0.5, 0.6) is 0 Å². The molecule has 0 aromatic heterocycles. The Labute approximate surface area is 178 Å². The Morgan fingerprint density at radius 2 is 1.70 bits per heavy atom. The summed E-state index contributed by atoms with van der Waals surface area (Å²) < 4.78 is 45.5. The number of hydrogen-bond donors (Lipinski definition) is 1. The van der Waals surface area contributed by atoms with E-state index in [1.54, 1.807) is 13.8 Å². The summed E-state index contributed by atoms with van der Waals surface area (Å²) in [5.74, 6) is -2.22. The van der Waals surface area contributed by atoms with Crippen molar-refractivity contribution in [2.45, 2.75) is 69.7 Å². The maximum Gasteiger partial charge on any atom is 0.338 e. The summed E-state index contributed by atoms with van der Waals surface area (Å²) in [6.45, 7) is 3.17. The van der Waals surface area contributed by atoms with Crippen LogP contribution in [0.1, 0.15) is 69.2 Å². The maximum atomic E-state index is 14.2. The third-order valence-electron chi connectivity index (χ3n) is 5.29. The molecule has 2 rings (SSSR count). The summed E-state index contributed by atoms with van der Waals surface area (Å²) in [5, 5.41) is 2.89. The molecule has 7 nitrogen and oxygen atoms in total. The molecular formula is C21H31FN2O5S. The van der Waals surface area contributed by atoms with Crippen molar-refractivity contribution in [2.24, 2.45) is 0 Å². The highest BCUT2D eigenvalue weighted by atomic mass is 32.2. The van der Waals surface area contributed by atoms with Gasteiger partial charge in [0.15, 0.2) is 6.61 Å². The number of benzene rings is 1. The molecule has 0 spiro atoms. The van der Waals surface area contributed by atoms with Gasteiger partial charge in [-0.2, -0.15) is 4.31 Å². The van der Waals surface area contributed by atoms with Crippen LogP contribution < -0.4 is 5.32 Å². The van der Waals surface area contributed by atoms with E-state index in [4.69, 9.17) is 4.74 Å². The Hall–Kier alpha value is -2.00. The molecule has 0 atom stereocenters. The van der Waals surface area contributed by atoms with E-state index >= 15 is 0 Å². The van der Waals surface area contributed by atoms with Gasteiger partial charge in [0.25, 0.3) is 5.91 Å². The minimum atomic E-state index is -4.07. The molecule has 1 aliphatic carbocycles. The molecule has 1 saturated carbocycles. The number of carbonyl (C=O) groups is 2. The number of esters is 1. The molecule has 1 aliphatic rings. The highest BCUT2D eigenvalue weighted by Gasteiger charge is 2.27. The molecule has 0 heterocycles. The van der Waals surface area contributed by atoms with E-state index in [-0.39, 0.29) is 24.7 Å². The van der Waals surface area contributed by atoms with Gasteiger partial charge in [-0.05, 0) is 31.0 Å². The number of hydrogen-bond acceptors (Lipinski definition) is 5. The summed E-state index contributed by atoms with van der Waals surface area (Å²) in [6, 6.07) is 3.10. The van der Waals surface area contributed by atoms with Crippen molar-refractivity contribution >= 4 is 21.9 Å². The molecule has 1 amide bonds. The predicted octanol–water partition coefficient (Wildman–Crippen LogP) is 3.24. The molecule has 9 heteroatoms. The fraction of sp³-hybridized carbons (Fsp3) is 0.619. The third-order valence-corrected chi connectivity index (χ3v) is 7.36. The lowest BCUT2D eigenvalue weighted by Crippen LogP contribution is -2.38. The molecule has 0 saturated heterocycles. The smallest absolute Gasteiger partial charge is 0.338 e. The summed E-state index contributed by atoms with van der Waals surface area (Å²) in [6.07, 6.45) is 7.47. The van der Waals surface area contributed by atoms with Crippen molar-refractivity contribution < 1.29 is 27.1 Å². The summed E-state index contributed by atoms with van der Waals surface area (Å²) >= 11 is 0. The second-order valence-corrected chi connectivity index (χ2v) is 9.33. The molecule has 1 fully saturated rings. The predicted molar refractivity (Wildman–Crippen MR) is 111 cm³/mol. The van der Waals surface area contributed by atoms with E-state index in [2.05, 4.69) is 5.32 Å². The van der Waals surface area contributed by atoms with E-state index in [0.29, 0.717) is 0 Å². The third kappa shape index (κ3) is 6.50. The lowest BCUT2D eigenvalue weighted by atomic mass is 9.97. The SMILES string of the molecule is CCN(CC)S(=O)(=O)c1cc(C(=O)OCC(=O)NC2CCCCCCC2)ccc1F. The van der Waals surface area contributed by atoms with Gasteiger partial charge >= 0.3 is 5.97 Å². The van der Waals surface area contributed by atoms with E-state index in [9.17, 15) is 22.4 Å². The van der Waals surface area contributed by atoms with Gasteiger partial charge < -0.3 is 10.1 Å². The number of sulfonamides is 1. The van der Waals surface area contributed by atoms with Gasteiger partial charge in [-0.25, -0.2) is 17.6 Å².